The summed E-state index contributed by atoms with van der Waals surface area (Å²) in [5.41, 5.74) is 4.03. The molecule has 5 rings (SSSR count). The van der Waals surface area contributed by atoms with E-state index in [2.05, 4.69) is 36.5 Å². The first-order chi connectivity index (χ1) is 19.1. The first-order valence-electron chi connectivity index (χ1n) is 13.5. The summed E-state index contributed by atoms with van der Waals surface area (Å²) in [5, 5.41) is 20.8. The van der Waals surface area contributed by atoms with Crippen LogP contribution in [0.15, 0.2) is 72.8 Å². The number of hydrogen-bond donors (Lipinski definition) is 3. The first-order valence-corrected chi connectivity index (χ1v) is 13.5. The van der Waals surface area contributed by atoms with Gasteiger partial charge in [-0.25, -0.2) is 9.18 Å². The van der Waals surface area contributed by atoms with Crippen LogP contribution in [0.1, 0.15) is 73.1 Å². The van der Waals surface area contributed by atoms with Crippen molar-refractivity contribution in [2.45, 2.75) is 57.9 Å². The molecule has 0 unspecified atom stereocenters. The van der Waals surface area contributed by atoms with Gasteiger partial charge in [0.2, 0.25) is 0 Å². The van der Waals surface area contributed by atoms with E-state index in [4.69, 9.17) is 0 Å². The van der Waals surface area contributed by atoms with Crippen molar-refractivity contribution < 1.29 is 19.1 Å². The SMILES string of the molecule is CC(C)(C)c1ccc(C(=O)Nc2ccc(O)c(-c3cc(C4CCC4)n(C(=O)NCc4ccccc4F)n3)c2)cc1. The van der Waals surface area contributed by atoms with Gasteiger partial charge in [-0.2, -0.15) is 9.78 Å². The molecule has 3 aromatic carbocycles. The maximum Gasteiger partial charge on any atom is 0.342 e. The molecule has 0 spiro atoms. The van der Waals surface area contributed by atoms with Crippen molar-refractivity contribution in [2.24, 2.45) is 0 Å². The summed E-state index contributed by atoms with van der Waals surface area (Å²) >= 11 is 0. The van der Waals surface area contributed by atoms with E-state index in [0.717, 1.165) is 30.5 Å². The number of benzene rings is 3. The molecule has 1 aliphatic rings. The van der Waals surface area contributed by atoms with Crippen LogP contribution in [0, 0.1) is 5.82 Å². The fraction of sp³-hybridized carbons (Fsp3) is 0.281. The molecule has 0 bridgehead atoms. The van der Waals surface area contributed by atoms with E-state index < -0.39 is 11.8 Å². The summed E-state index contributed by atoms with van der Waals surface area (Å²) in [4.78, 5) is 26.1. The number of nitrogens with zero attached hydrogens (tertiary/aromatic N) is 2. The van der Waals surface area contributed by atoms with Gasteiger partial charge in [0.05, 0.1) is 11.4 Å². The van der Waals surface area contributed by atoms with Crippen LogP contribution in [0.4, 0.5) is 14.9 Å². The van der Waals surface area contributed by atoms with Crippen LogP contribution in [-0.4, -0.2) is 26.8 Å². The third-order valence-corrected chi connectivity index (χ3v) is 7.38. The molecule has 4 aromatic rings. The van der Waals surface area contributed by atoms with Gasteiger partial charge in [0.25, 0.3) is 5.91 Å². The minimum absolute atomic E-state index is 0.0166. The van der Waals surface area contributed by atoms with E-state index in [1.165, 1.54) is 16.8 Å². The van der Waals surface area contributed by atoms with Crippen molar-refractivity contribution in [3.8, 4) is 17.0 Å². The van der Waals surface area contributed by atoms with Crippen molar-refractivity contribution in [1.82, 2.24) is 15.1 Å². The molecule has 40 heavy (non-hydrogen) atoms. The fourth-order valence-corrected chi connectivity index (χ4v) is 4.72. The average molecular weight is 541 g/mol. The normalized spacial score (nSPS) is 13.5. The molecular formula is C32H33FN4O3. The lowest BCUT2D eigenvalue weighted by Crippen LogP contribution is -2.31. The van der Waals surface area contributed by atoms with Gasteiger partial charge in [0, 0.05) is 34.8 Å². The minimum atomic E-state index is -0.473. The molecule has 2 amide bonds. The van der Waals surface area contributed by atoms with Crippen molar-refractivity contribution in [3.05, 3.63) is 101 Å². The molecule has 1 fully saturated rings. The molecule has 0 saturated heterocycles. The number of anilines is 1. The van der Waals surface area contributed by atoms with Crippen LogP contribution < -0.4 is 10.6 Å². The van der Waals surface area contributed by atoms with E-state index in [1.54, 1.807) is 48.5 Å². The lowest BCUT2D eigenvalue weighted by Gasteiger charge is -2.25. The second kappa shape index (κ2) is 11.0. The third-order valence-electron chi connectivity index (χ3n) is 7.38. The molecule has 8 heteroatoms. The standard InChI is InChI=1S/C32H33FN4O3/c1-32(2,3)23-13-11-21(12-14-23)30(39)35-24-15-16-29(38)25(17-24)27-18-28(20-8-6-9-20)37(36-27)31(40)34-19-22-7-4-5-10-26(22)33/h4-5,7,10-18,20,38H,6,8-9,19H2,1-3H3,(H,34,40)(H,35,39). The molecule has 1 heterocycles. The zero-order valence-electron chi connectivity index (χ0n) is 22.9. The number of phenolic OH excluding ortho intramolecular Hbond substituents is 1. The average Bonchev–Trinajstić information content (AvgIpc) is 3.32. The Morgan fingerprint density at radius 2 is 1.75 bits per heavy atom. The number of carbonyl (C=O) groups excluding carboxylic acids is 2. The summed E-state index contributed by atoms with van der Waals surface area (Å²) in [6.07, 6.45) is 2.93. The van der Waals surface area contributed by atoms with E-state index in [-0.39, 0.29) is 29.5 Å². The number of nitrogens with one attached hydrogen (secondary N) is 2. The molecule has 1 aliphatic carbocycles. The molecule has 3 N–H and O–H groups in total. The van der Waals surface area contributed by atoms with Gasteiger partial charge in [-0.05, 0) is 66.3 Å². The molecule has 0 aliphatic heterocycles. The Morgan fingerprint density at radius 3 is 2.40 bits per heavy atom. The van der Waals surface area contributed by atoms with Crippen molar-refractivity contribution in [2.75, 3.05) is 5.32 Å². The van der Waals surface area contributed by atoms with E-state index in [9.17, 15) is 19.1 Å². The lowest BCUT2D eigenvalue weighted by atomic mass is 9.82. The van der Waals surface area contributed by atoms with Gasteiger partial charge in [-0.1, -0.05) is 57.5 Å². The van der Waals surface area contributed by atoms with E-state index in [0.29, 0.717) is 28.1 Å². The predicted octanol–water partition coefficient (Wildman–Crippen LogP) is 6.97. The van der Waals surface area contributed by atoms with Crippen LogP contribution in [0.2, 0.25) is 0 Å². The van der Waals surface area contributed by atoms with Gasteiger partial charge < -0.3 is 15.7 Å². The van der Waals surface area contributed by atoms with Gasteiger partial charge >= 0.3 is 6.03 Å². The van der Waals surface area contributed by atoms with Gasteiger partial charge in [0.1, 0.15) is 11.6 Å². The highest BCUT2D eigenvalue weighted by Crippen LogP contribution is 2.39. The van der Waals surface area contributed by atoms with Gasteiger partial charge in [-0.3, -0.25) is 4.79 Å². The number of amides is 2. The quantitative estimate of drug-likeness (QED) is 0.230. The van der Waals surface area contributed by atoms with Gasteiger partial charge in [-0.15, -0.1) is 0 Å². The molecule has 0 radical (unpaired) electrons. The zero-order chi connectivity index (χ0) is 28.4. The monoisotopic (exact) mass is 540 g/mol. The molecular weight excluding hydrogens is 507 g/mol. The Morgan fingerprint density at radius 1 is 1.02 bits per heavy atom. The smallest absolute Gasteiger partial charge is 0.342 e. The molecule has 206 valence electrons. The summed E-state index contributed by atoms with van der Waals surface area (Å²) in [7, 11) is 0. The minimum Gasteiger partial charge on any atom is -0.507 e. The molecule has 1 aromatic heterocycles. The van der Waals surface area contributed by atoms with Crippen molar-refractivity contribution in [1.29, 1.82) is 0 Å². The zero-order valence-corrected chi connectivity index (χ0v) is 22.9. The van der Waals surface area contributed by atoms with Crippen LogP contribution in [0.5, 0.6) is 5.75 Å². The Hall–Kier alpha value is -4.46. The third kappa shape index (κ3) is 5.76. The number of aromatic nitrogens is 2. The summed E-state index contributed by atoms with van der Waals surface area (Å²) in [5.74, 6) is -0.520. The highest BCUT2D eigenvalue weighted by Gasteiger charge is 2.28. The Labute approximate surface area is 233 Å². The highest BCUT2D eigenvalue weighted by atomic mass is 19.1. The first kappa shape index (κ1) is 27.1. The largest absolute Gasteiger partial charge is 0.507 e. The van der Waals surface area contributed by atoms with Crippen LogP contribution in [0.3, 0.4) is 0 Å². The second-order valence-electron chi connectivity index (χ2n) is 11.3. The topological polar surface area (TPSA) is 96.2 Å². The Balaban J connectivity index is 1.38. The summed E-state index contributed by atoms with van der Waals surface area (Å²) in [6.45, 7) is 6.37. The number of phenols is 1. The Bertz CT molecular complexity index is 1550. The summed E-state index contributed by atoms with van der Waals surface area (Å²) < 4.78 is 15.4. The maximum atomic E-state index is 14.1. The van der Waals surface area contributed by atoms with Crippen LogP contribution >= 0.6 is 0 Å². The Kier molecular flexibility index (Phi) is 7.43. The molecule has 0 atom stereocenters. The van der Waals surface area contributed by atoms with Crippen LogP contribution in [0.25, 0.3) is 11.3 Å². The van der Waals surface area contributed by atoms with Crippen molar-refractivity contribution in [3.63, 3.8) is 0 Å². The van der Waals surface area contributed by atoms with Gasteiger partial charge in [0.15, 0.2) is 0 Å². The van der Waals surface area contributed by atoms with Crippen LogP contribution in [-0.2, 0) is 12.0 Å². The van der Waals surface area contributed by atoms with Crippen molar-refractivity contribution >= 4 is 17.6 Å². The molecule has 7 nitrogen and oxygen atoms in total. The maximum absolute atomic E-state index is 14.1. The van der Waals surface area contributed by atoms with E-state index in [1.807, 2.05) is 12.1 Å². The number of rotatable bonds is 6. The number of aromatic hydroxyl groups is 1. The highest BCUT2D eigenvalue weighted by molar-refractivity contribution is 6.04. The number of hydrogen-bond acceptors (Lipinski definition) is 4. The number of carbonyl (C=O) groups is 2. The molecule has 1 saturated carbocycles. The lowest BCUT2D eigenvalue weighted by molar-refractivity contribution is 0.102. The summed E-state index contributed by atoms with van der Waals surface area (Å²) in [6, 6.07) is 19.9. The fourth-order valence-electron chi connectivity index (χ4n) is 4.72. The predicted molar refractivity (Wildman–Crippen MR) is 153 cm³/mol. The number of halogens is 1. The van der Waals surface area contributed by atoms with E-state index >= 15 is 0 Å². The second-order valence-corrected chi connectivity index (χ2v) is 11.3.